The van der Waals surface area contributed by atoms with Crippen LogP contribution >= 0.6 is 0 Å². The molecule has 1 aliphatic carbocycles. The fraction of sp³-hybridized carbons (Fsp3) is 0.304. The average molecular weight is 379 g/mol. The quantitative estimate of drug-likeness (QED) is 0.571. The molecule has 5 heteroatoms. The van der Waals surface area contributed by atoms with E-state index in [2.05, 4.69) is 29.6 Å². The highest BCUT2D eigenvalue weighted by atomic mass is 16.6. The molecule has 0 spiro atoms. The summed E-state index contributed by atoms with van der Waals surface area (Å²) in [5.41, 5.74) is 4.63. The number of nitrogens with one attached hydrogen (secondary N) is 1. The molecular weight excluding hydrogens is 354 g/mol. The number of methoxy groups -OCH3 is 1. The summed E-state index contributed by atoms with van der Waals surface area (Å²) in [6.45, 7) is 2.21. The lowest BCUT2D eigenvalue weighted by Crippen LogP contribution is -2.41. The number of rotatable bonds is 7. The van der Waals surface area contributed by atoms with Crippen molar-refractivity contribution in [2.24, 2.45) is 0 Å². The first-order chi connectivity index (χ1) is 13.7. The summed E-state index contributed by atoms with van der Waals surface area (Å²) in [4.78, 5) is 24.2. The van der Waals surface area contributed by atoms with Gasteiger partial charge in [0, 0.05) is 5.92 Å². The van der Waals surface area contributed by atoms with Gasteiger partial charge in [-0.05, 0) is 35.1 Å². The second kappa shape index (κ2) is 9.22. The molecule has 0 bridgehead atoms. The van der Waals surface area contributed by atoms with Gasteiger partial charge in [-0.2, -0.15) is 0 Å². The topological polar surface area (TPSA) is 64.6 Å². The maximum absolute atomic E-state index is 12.3. The summed E-state index contributed by atoms with van der Waals surface area (Å²) in [6, 6.07) is 15.5. The number of carbonyl (C=O) groups excluding carboxylic acids is 2. The third-order valence-corrected chi connectivity index (χ3v) is 4.90. The summed E-state index contributed by atoms with van der Waals surface area (Å²) in [5.74, 6) is -0.510. The van der Waals surface area contributed by atoms with E-state index < -0.39 is 18.1 Å². The molecule has 1 aliphatic rings. The van der Waals surface area contributed by atoms with Gasteiger partial charge in [0.05, 0.1) is 7.11 Å². The Kier molecular flexibility index (Phi) is 6.48. The van der Waals surface area contributed by atoms with Crippen molar-refractivity contribution < 1.29 is 19.1 Å². The Morgan fingerprint density at radius 2 is 1.64 bits per heavy atom. The van der Waals surface area contributed by atoms with Crippen molar-refractivity contribution >= 4 is 12.1 Å². The van der Waals surface area contributed by atoms with Gasteiger partial charge in [-0.15, -0.1) is 0 Å². The number of alkyl carbamates (subject to hydrolysis) is 1. The molecule has 0 aromatic heterocycles. The van der Waals surface area contributed by atoms with Crippen molar-refractivity contribution in [3.8, 4) is 11.1 Å². The maximum atomic E-state index is 12.3. The molecular formula is C23H25NO4. The van der Waals surface area contributed by atoms with E-state index in [-0.39, 0.29) is 12.5 Å². The van der Waals surface area contributed by atoms with Crippen LogP contribution in [0.1, 0.15) is 36.8 Å². The van der Waals surface area contributed by atoms with E-state index in [0.717, 1.165) is 17.5 Å². The van der Waals surface area contributed by atoms with Crippen molar-refractivity contribution in [3.05, 3.63) is 71.8 Å². The Morgan fingerprint density at radius 3 is 2.21 bits per heavy atom. The fourth-order valence-corrected chi connectivity index (χ4v) is 3.54. The summed E-state index contributed by atoms with van der Waals surface area (Å²) in [7, 11) is 1.30. The van der Waals surface area contributed by atoms with Crippen LogP contribution in [0.2, 0.25) is 0 Å². The largest absolute Gasteiger partial charge is 0.467 e. The number of ether oxygens (including phenoxy) is 2. The van der Waals surface area contributed by atoms with Gasteiger partial charge in [0.2, 0.25) is 0 Å². The van der Waals surface area contributed by atoms with E-state index in [4.69, 9.17) is 9.47 Å². The predicted molar refractivity (Wildman–Crippen MR) is 108 cm³/mol. The summed E-state index contributed by atoms with van der Waals surface area (Å²) >= 11 is 0. The lowest BCUT2D eigenvalue weighted by Gasteiger charge is -2.17. The van der Waals surface area contributed by atoms with E-state index in [1.165, 1.54) is 18.2 Å². The maximum Gasteiger partial charge on any atom is 0.407 e. The van der Waals surface area contributed by atoms with Gasteiger partial charge in [0.25, 0.3) is 0 Å². The smallest absolute Gasteiger partial charge is 0.407 e. The third kappa shape index (κ3) is 4.25. The zero-order valence-corrected chi connectivity index (χ0v) is 16.2. The predicted octanol–water partition coefficient (Wildman–Crippen LogP) is 4.42. The van der Waals surface area contributed by atoms with Gasteiger partial charge in [-0.1, -0.05) is 67.6 Å². The molecule has 0 heterocycles. The summed E-state index contributed by atoms with van der Waals surface area (Å²) in [6.07, 6.45) is 4.40. The lowest BCUT2D eigenvalue weighted by molar-refractivity contribution is -0.142. The van der Waals surface area contributed by atoms with E-state index in [0.29, 0.717) is 6.42 Å². The highest BCUT2D eigenvalue weighted by molar-refractivity contribution is 5.82. The van der Waals surface area contributed by atoms with Crippen LogP contribution in [0.25, 0.3) is 11.1 Å². The molecule has 0 radical (unpaired) electrons. The number of hydrogen-bond acceptors (Lipinski definition) is 4. The van der Waals surface area contributed by atoms with Crippen molar-refractivity contribution in [2.45, 2.75) is 31.7 Å². The molecule has 1 atom stereocenters. The van der Waals surface area contributed by atoms with Crippen LogP contribution in [0.15, 0.2) is 60.7 Å². The van der Waals surface area contributed by atoms with Gasteiger partial charge in [-0.25, -0.2) is 9.59 Å². The fourth-order valence-electron chi connectivity index (χ4n) is 3.54. The Labute approximate surface area is 165 Å². The Hall–Kier alpha value is -3.08. The standard InChI is InChI=1S/C23H25NO4/c1-3-4-5-14-21(22(25)27-2)24-23(26)28-15-20-18-12-8-6-10-16(18)17-11-7-9-13-19(17)20/h4-13,20-21H,3,14-15H2,1-2H3,(H,24,26)/b5-4+/t21-/m0/s1. The minimum Gasteiger partial charge on any atom is -0.467 e. The Morgan fingerprint density at radius 1 is 1.04 bits per heavy atom. The highest BCUT2D eigenvalue weighted by Gasteiger charge is 2.29. The number of amides is 1. The zero-order chi connectivity index (χ0) is 19.9. The Balaban J connectivity index is 1.67. The number of carbonyl (C=O) groups is 2. The van der Waals surface area contributed by atoms with Gasteiger partial charge in [-0.3, -0.25) is 0 Å². The monoisotopic (exact) mass is 379 g/mol. The second-order valence-corrected chi connectivity index (χ2v) is 6.66. The molecule has 1 N–H and O–H groups in total. The normalized spacial score (nSPS) is 13.6. The van der Waals surface area contributed by atoms with E-state index in [1.807, 2.05) is 43.3 Å². The zero-order valence-electron chi connectivity index (χ0n) is 16.2. The van der Waals surface area contributed by atoms with Crippen molar-refractivity contribution in [3.63, 3.8) is 0 Å². The molecule has 146 valence electrons. The third-order valence-electron chi connectivity index (χ3n) is 4.90. The van der Waals surface area contributed by atoms with Crippen LogP contribution < -0.4 is 5.32 Å². The van der Waals surface area contributed by atoms with Crippen molar-refractivity contribution in [1.29, 1.82) is 0 Å². The van der Waals surface area contributed by atoms with Crippen molar-refractivity contribution in [1.82, 2.24) is 5.32 Å². The first-order valence-corrected chi connectivity index (χ1v) is 9.50. The molecule has 0 unspecified atom stereocenters. The molecule has 28 heavy (non-hydrogen) atoms. The summed E-state index contributed by atoms with van der Waals surface area (Å²) < 4.78 is 10.3. The molecule has 2 aromatic carbocycles. The number of fused-ring (bicyclic) bond motifs is 3. The molecule has 2 aromatic rings. The molecule has 1 amide bonds. The van der Waals surface area contributed by atoms with Crippen LogP contribution in [0.4, 0.5) is 4.79 Å². The SMILES string of the molecule is CC/C=C/C[C@H](NC(=O)OCC1c2ccccc2-c2ccccc21)C(=O)OC. The Bertz CT molecular complexity index is 829. The van der Waals surface area contributed by atoms with E-state index >= 15 is 0 Å². The van der Waals surface area contributed by atoms with Crippen molar-refractivity contribution in [2.75, 3.05) is 13.7 Å². The summed E-state index contributed by atoms with van der Waals surface area (Å²) in [5, 5.41) is 2.61. The number of esters is 1. The van der Waals surface area contributed by atoms with Crippen LogP contribution in [0, 0.1) is 0 Å². The molecule has 0 saturated carbocycles. The lowest BCUT2D eigenvalue weighted by atomic mass is 9.98. The van der Waals surface area contributed by atoms with Gasteiger partial charge in [0.1, 0.15) is 12.6 Å². The number of benzene rings is 2. The average Bonchev–Trinajstić information content (AvgIpc) is 3.05. The van der Waals surface area contributed by atoms with Gasteiger partial charge < -0.3 is 14.8 Å². The minimum absolute atomic E-state index is 0.0188. The molecule has 5 nitrogen and oxygen atoms in total. The van der Waals surface area contributed by atoms with Crippen LogP contribution in [0.5, 0.6) is 0 Å². The van der Waals surface area contributed by atoms with Crippen LogP contribution in [-0.2, 0) is 14.3 Å². The van der Waals surface area contributed by atoms with Gasteiger partial charge >= 0.3 is 12.1 Å². The molecule has 3 rings (SSSR count). The van der Waals surface area contributed by atoms with Crippen LogP contribution in [0.3, 0.4) is 0 Å². The highest BCUT2D eigenvalue weighted by Crippen LogP contribution is 2.44. The first kappa shape index (κ1) is 19.7. The number of hydrogen-bond donors (Lipinski definition) is 1. The molecule has 0 aliphatic heterocycles. The molecule has 0 saturated heterocycles. The second-order valence-electron chi connectivity index (χ2n) is 6.66. The van der Waals surface area contributed by atoms with Gasteiger partial charge in [0.15, 0.2) is 0 Å². The van der Waals surface area contributed by atoms with Crippen LogP contribution in [-0.4, -0.2) is 31.8 Å². The number of allylic oxidation sites excluding steroid dienone is 1. The van der Waals surface area contributed by atoms with E-state index in [1.54, 1.807) is 0 Å². The van der Waals surface area contributed by atoms with E-state index in [9.17, 15) is 9.59 Å². The minimum atomic E-state index is -0.761. The molecule has 0 fully saturated rings. The first-order valence-electron chi connectivity index (χ1n) is 9.50.